The van der Waals surface area contributed by atoms with Crippen LogP contribution in [-0.4, -0.2) is 5.71 Å². The van der Waals surface area contributed by atoms with Crippen LogP contribution in [0.5, 0.6) is 0 Å². The van der Waals surface area contributed by atoms with Gasteiger partial charge in [0, 0.05) is 19.8 Å². The summed E-state index contributed by atoms with van der Waals surface area (Å²) in [4.78, 5) is 4.56. The van der Waals surface area contributed by atoms with Gasteiger partial charge in [-0.1, -0.05) is 53.4 Å². The van der Waals surface area contributed by atoms with Crippen molar-refractivity contribution in [3.8, 4) is 0 Å². The van der Waals surface area contributed by atoms with Crippen LogP contribution in [0.3, 0.4) is 0 Å². The maximum absolute atomic E-state index is 4.56. The minimum Gasteiger partial charge on any atom is -0.265 e. The van der Waals surface area contributed by atoms with E-state index in [1.165, 1.54) is 49.8 Å². The van der Waals surface area contributed by atoms with Crippen LogP contribution < -0.4 is 0 Å². The number of unbranched alkanes of at least 4 members (excludes halogenated alkanes) is 4. The molecule has 0 aromatic carbocycles. The van der Waals surface area contributed by atoms with Crippen molar-refractivity contribution in [1.29, 1.82) is 0 Å². The highest BCUT2D eigenvalue weighted by atomic mass is 14.7. The van der Waals surface area contributed by atoms with Crippen molar-refractivity contribution in [1.82, 2.24) is 0 Å². The third-order valence-electron chi connectivity index (χ3n) is 3.33. The average Bonchev–Trinajstić information content (AvgIpc) is 2.65. The van der Waals surface area contributed by atoms with Crippen molar-refractivity contribution in [2.75, 3.05) is 0 Å². The Hall–Kier alpha value is -0.590. The summed E-state index contributed by atoms with van der Waals surface area (Å²) in [6, 6.07) is 0. The Balaban J connectivity index is 0.00000256. The van der Waals surface area contributed by atoms with E-state index in [9.17, 15) is 0 Å². The number of hydrogen-bond acceptors (Lipinski definition) is 1. The van der Waals surface area contributed by atoms with Gasteiger partial charge in [-0.05, 0) is 23.8 Å². The minimum atomic E-state index is 0. The van der Waals surface area contributed by atoms with E-state index in [1.807, 2.05) is 0 Å². The summed E-state index contributed by atoms with van der Waals surface area (Å²) in [5, 5.41) is 0. The fourth-order valence-electron chi connectivity index (χ4n) is 2.02. The maximum atomic E-state index is 4.56. The first kappa shape index (κ1) is 13.5. The molecule has 0 bridgehead atoms. The molecule has 0 fully saturated rings. The Morgan fingerprint density at radius 3 is 2.44 bits per heavy atom. The second-order valence-electron chi connectivity index (χ2n) is 5.94. The molecule has 94 valence electrons. The van der Waals surface area contributed by atoms with Crippen LogP contribution in [-0.2, 0) is 0 Å². The maximum Gasteiger partial charge on any atom is 0.0268 e. The third-order valence-corrected chi connectivity index (χ3v) is 3.33. The molecule has 16 heavy (non-hydrogen) atoms. The van der Waals surface area contributed by atoms with Crippen molar-refractivity contribution in [2.24, 2.45) is 10.4 Å². The number of allylic oxidation sites excluding steroid dienone is 1. The molecule has 0 aromatic heterocycles. The molecule has 1 heterocycles. The quantitative estimate of drug-likeness (QED) is 0.537. The lowest BCUT2D eigenvalue weighted by Crippen LogP contribution is -2.10. The van der Waals surface area contributed by atoms with Gasteiger partial charge in [0.25, 0.3) is 0 Å². The molecule has 1 aliphatic rings. The van der Waals surface area contributed by atoms with Crippen molar-refractivity contribution in [3.63, 3.8) is 0 Å². The van der Waals surface area contributed by atoms with Crippen LogP contribution in [0.15, 0.2) is 16.8 Å². The molecule has 1 nitrogen and oxygen atoms in total. The molecule has 0 unspecified atom stereocenters. The summed E-state index contributed by atoms with van der Waals surface area (Å²) in [5.74, 6) is 0. The smallest absolute Gasteiger partial charge is 0.0268 e. The van der Waals surface area contributed by atoms with E-state index >= 15 is 0 Å². The highest BCUT2D eigenvalue weighted by molar-refractivity contribution is 5.89. The topological polar surface area (TPSA) is 12.4 Å². The van der Waals surface area contributed by atoms with Gasteiger partial charge in [0.2, 0.25) is 0 Å². The SMILES string of the molecule is CCCCCCCC1=NC=C(C(C)(C)C)C1.[HH]. The zero-order chi connectivity index (χ0) is 12.0. The molecular weight excluding hydrogens is 194 g/mol. The van der Waals surface area contributed by atoms with Crippen molar-refractivity contribution in [2.45, 2.75) is 72.6 Å². The Morgan fingerprint density at radius 1 is 1.19 bits per heavy atom. The second kappa shape index (κ2) is 6.22. The average molecular weight is 223 g/mol. The summed E-state index contributed by atoms with van der Waals surface area (Å²) in [6.07, 6.45) is 11.2. The molecular formula is C15H29N. The molecule has 0 spiro atoms. The molecule has 0 atom stereocenters. The minimum absolute atomic E-state index is 0. The first-order valence-electron chi connectivity index (χ1n) is 6.79. The summed E-state index contributed by atoms with van der Waals surface area (Å²) in [6.45, 7) is 9.09. The van der Waals surface area contributed by atoms with Crippen LogP contribution in [0, 0.1) is 5.41 Å². The third kappa shape index (κ3) is 4.51. The molecule has 0 amide bonds. The van der Waals surface area contributed by atoms with E-state index in [2.05, 4.69) is 38.9 Å². The van der Waals surface area contributed by atoms with E-state index in [1.54, 1.807) is 0 Å². The van der Waals surface area contributed by atoms with Gasteiger partial charge < -0.3 is 0 Å². The first-order valence-corrected chi connectivity index (χ1v) is 6.79. The van der Waals surface area contributed by atoms with Gasteiger partial charge in [0.1, 0.15) is 0 Å². The van der Waals surface area contributed by atoms with Gasteiger partial charge in [0.15, 0.2) is 0 Å². The lowest BCUT2D eigenvalue weighted by Gasteiger charge is -2.19. The van der Waals surface area contributed by atoms with Crippen LogP contribution in [0.4, 0.5) is 0 Å². The van der Waals surface area contributed by atoms with E-state index in [0.717, 1.165) is 6.42 Å². The van der Waals surface area contributed by atoms with Gasteiger partial charge in [-0.3, -0.25) is 4.99 Å². The standard InChI is InChI=1S/C15H27N.H2/c1-5-6-7-8-9-10-14-11-13(12-16-14)15(2,3)4;/h12H,5-11H2,1-4H3;1H. The lowest BCUT2D eigenvalue weighted by molar-refractivity contribution is 0.498. The van der Waals surface area contributed by atoms with Crippen molar-refractivity contribution >= 4 is 5.71 Å². The van der Waals surface area contributed by atoms with E-state index in [0.29, 0.717) is 5.41 Å². The first-order chi connectivity index (χ1) is 7.54. The molecule has 0 radical (unpaired) electrons. The molecule has 1 heteroatoms. The summed E-state index contributed by atoms with van der Waals surface area (Å²) < 4.78 is 0. The highest BCUT2D eigenvalue weighted by Gasteiger charge is 2.21. The summed E-state index contributed by atoms with van der Waals surface area (Å²) in [7, 11) is 0. The Bertz CT molecular complexity index is 271. The zero-order valence-electron chi connectivity index (χ0n) is 11.5. The molecule has 1 aliphatic heterocycles. The fraction of sp³-hybridized carbons (Fsp3) is 0.800. The van der Waals surface area contributed by atoms with Crippen LogP contribution in [0.25, 0.3) is 0 Å². The highest BCUT2D eigenvalue weighted by Crippen LogP contribution is 2.32. The fourth-order valence-corrected chi connectivity index (χ4v) is 2.02. The monoisotopic (exact) mass is 223 g/mol. The van der Waals surface area contributed by atoms with Crippen LogP contribution in [0.1, 0.15) is 74.1 Å². The Labute approximate surface area is 103 Å². The van der Waals surface area contributed by atoms with Gasteiger partial charge in [-0.15, -0.1) is 0 Å². The predicted octanol–water partition coefficient (Wildman–Crippen LogP) is 5.37. The second-order valence-corrected chi connectivity index (χ2v) is 5.94. The largest absolute Gasteiger partial charge is 0.265 e. The number of rotatable bonds is 6. The molecule has 0 saturated carbocycles. The van der Waals surface area contributed by atoms with E-state index < -0.39 is 0 Å². The lowest BCUT2D eigenvalue weighted by atomic mass is 9.84. The van der Waals surface area contributed by atoms with Crippen LogP contribution in [0.2, 0.25) is 0 Å². The van der Waals surface area contributed by atoms with Crippen molar-refractivity contribution in [3.05, 3.63) is 11.8 Å². The molecule has 0 aliphatic carbocycles. The van der Waals surface area contributed by atoms with E-state index in [-0.39, 0.29) is 1.43 Å². The number of nitrogens with zero attached hydrogens (tertiary/aromatic N) is 1. The van der Waals surface area contributed by atoms with Crippen LogP contribution >= 0.6 is 0 Å². The molecule has 0 N–H and O–H groups in total. The molecule has 1 rings (SSSR count). The predicted molar refractivity (Wildman–Crippen MR) is 75.1 cm³/mol. The molecule has 0 saturated heterocycles. The van der Waals surface area contributed by atoms with Gasteiger partial charge >= 0.3 is 0 Å². The Kier molecular flexibility index (Phi) is 5.24. The number of aliphatic imine (C=N–C) groups is 1. The van der Waals surface area contributed by atoms with Gasteiger partial charge in [0.05, 0.1) is 0 Å². The summed E-state index contributed by atoms with van der Waals surface area (Å²) >= 11 is 0. The van der Waals surface area contributed by atoms with Gasteiger partial charge in [-0.25, -0.2) is 0 Å². The zero-order valence-corrected chi connectivity index (χ0v) is 11.5. The Morgan fingerprint density at radius 2 is 1.88 bits per heavy atom. The summed E-state index contributed by atoms with van der Waals surface area (Å²) in [5.41, 5.74) is 3.20. The van der Waals surface area contributed by atoms with Gasteiger partial charge in [-0.2, -0.15) is 0 Å². The number of hydrogen-bond donors (Lipinski definition) is 0. The molecule has 0 aromatic rings. The van der Waals surface area contributed by atoms with E-state index in [4.69, 9.17) is 0 Å². The normalized spacial score (nSPS) is 16.2. The van der Waals surface area contributed by atoms with Crippen molar-refractivity contribution < 1.29 is 1.43 Å².